The maximum absolute atomic E-state index is 13.6. The van der Waals surface area contributed by atoms with E-state index in [9.17, 15) is 9.90 Å². The number of aliphatic hydroxyl groups is 1. The summed E-state index contributed by atoms with van der Waals surface area (Å²) in [6.07, 6.45) is 11.0. The van der Waals surface area contributed by atoms with Gasteiger partial charge in [0.05, 0.1) is 16.8 Å². The lowest BCUT2D eigenvalue weighted by Crippen LogP contribution is -2.46. The molecule has 1 aromatic carbocycles. The lowest BCUT2D eigenvalue weighted by molar-refractivity contribution is 0.0812. The zero-order chi connectivity index (χ0) is 19.3. The van der Waals surface area contributed by atoms with Crippen LogP contribution in [0.2, 0.25) is 5.02 Å². The van der Waals surface area contributed by atoms with Crippen LogP contribution in [-0.4, -0.2) is 46.0 Å². The highest BCUT2D eigenvalue weighted by atomic mass is 35.5. The number of aliphatic hydroxyl groups excluding tert-OH is 1. The third-order valence-corrected chi connectivity index (χ3v) is 6.27. The fourth-order valence-corrected chi connectivity index (χ4v) is 4.70. The minimum absolute atomic E-state index is 0.00231. The van der Waals surface area contributed by atoms with Crippen molar-refractivity contribution in [2.75, 3.05) is 13.1 Å². The average Bonchev–Trinajstić information content (AvgIpc) is 3.47. The Labute approximate surface area is 170 Å². The van der Waals surface area contributed by atoms with Crippen molar-refractivity contribution in [3.63, 3.8) is 0 Å². The van der Waals surface area contributed by atoms with Crippen LogP contribution in [0.15, 0.2) is 54.1 Å². The van der Waals surface area contributed by atoms with Gasteiger partial charge in [0.25, 0.3) is 0 Å². The molecule has 5 rings (SSSR count). The number of carbonyl (C=O) groups is 1. The number of Topliss-reactive ketones (excluding diaryl/α,β-unsaturated/α-hetero) is 1. The van der Waals surface area contributed by atoms with E-state index in [0.29, 0.717) is 23.0 Å². The van der Waals surface area contributed by atoms with E-state index in [1.54, 1.807) is 6.07 Å². The number of nitrogens with zero attached hydrogens (tertiary/aromatic N) is 2. The zero-order valence-electron chi connectivity index (χ0n) is 15.6. The molecule has 1 saturated carbocycles. The van der Waals surface area contributed by atoms with E-state index >= 15 is 0 Å². The molecule has 3 aliphatic heterocycles. The van der Waals surface area contributed by atoms with E-state index in [1.165, 1.54) is 0 Å². The molecule has 5 nitrogen and oxygen atoms in total. The van der Waals surface area contributed by atoms with Gasteiger partial charge in [-0.15, -0.1) is 0 Å². The van der Waals surface area contributed by atoms with Gasteiger partial charge in [0.15, 0.2) is 6.17 Å². The van der Waals surface area contributed by atoms with Gasteiger partial charge in [-0.05, 0) is 55.4 Å². The molecule has 2 fully saturated rings. The highest BCUT2D eigenvalue weighted by molar-refractivity contribution is 6.34. The van der Waals surface area contributed by atoms with Crippen LogP contribution in [0.3, 0.4) is 0 Å². The average molecular weight is 398 g/mol. The molecule has 1 aliphatic carbocycles. The number of allylic oxidation sites excluding steroid dienone is 3. The summed E-state index contributed by atoms with van der Waals surface area (Å²) >= 11 is 6.50. The first-order valence-corrected chi connectivity index (χ1v) is 10.4. The third-order valence-electron chi connectivity index (χ3n) is 5.95. The molecule has 0 aromatic heterocycles. The van der Waals surface area contributed by atoms with Crippen LogP contribution >= 0.6 is 11.6 Å². The van der Waals surface area contributed by atoms with Gasteiger partial charge in [-0.25, -0.2) is 0 Å². The van der Waals surface area contributed by atoms with E-state index in [4.69, 9.17) is 11.6 Å². The van der Waals surface area contributed by atoms with Crippen molar-refractivity contribution in [1.29, 1.82) is 0 Å². The third kappa shape index (κ3) is 3.03. The predicted molar refractivity (Wildman–Crippen MR) is 109 cm³/mol. The van der Waals surface area contributed by atoms with Crippen LogP contribution in [0, 0.1) is 0 Å². The predicted octanol–water partition coefficient (Wildman–Crippen LogP) is 3.34. The fraction of sp³-hybridized carbons (Fsp3) is 0.409. The second-order valence-electron chi connectivity index (χ2n) is 7.97. The Morgan fingerprint density at radius 1 is 1.21 bits per heavy atom. The summed E-state index contributed by atoms with van der Waals surface area (Å²) in [6, 6.07) is 5.77. The number of halogens is 1. The highest BCUT2D eigenvalue weighted by Crippen LogP contribution is 2.44. The number of rotatable bonds is 4. The Morgan fingerprint density at radius 3 is 2.86 bits per heavy atom. The summed E-state index contributed by atoms with van der Waals surface area (Å²) < 4.78 is 0. The van der Waals surface area contributed by atoms with Gasteiger partial charge in [-0.1, -0.05) is 29.8 Å². The second-order valence-corrected chi connectivity index (χ2v) is 8.38. The fourth-order valence-electron chi connectivity index (χ4n) is 4.43. The topological polar surface area (TPSA) is 55.8 Å². The summed E-state index contributed by atoms with van der Waals surface area (Å²) in [5.74, 6) is 1.36. The van der Waals surface area contributed by atoms with E-state index in [0.717, 1.165) is 49.3 Å². The first-order chi connectivity index (χ1) is 13.6. The monoisotopic (exact) mass is 397 g/mol. The summed E-state index contributed by atoms with van der Waals surface area (Å²) in [5, 5.41) is 14.1. The van der Waals surface area contributed by atoms with Gasteiger partial charge in [-0.2, -0.15) is 0 Å². The van der Waals surface area contributed by atoms with Crippen LogP contribution in [0.4, 0.5) is 0 Å². The number of nitrogens with one attached hydrogen (secondary N) is 1. The Hall–Kier alpha value is -2.24. The summed E-state index contributed by atoms with van der Waals surface area (Å²) in [6.45, 7) is 1.45. The van der Waals surface area contributed by atoms with Gasteiger partial charge >= 0.3 is 0 Å². The molecule has 2 N–H and O–H groups in total. The molecule has 4 aliphatic rings. The number of β-amino-alcohol motifs (C(OH)–C–C–N with tert-alkyl or cyclic N) is 1. The smallest absolute Gasteiger partial charge is 0.207 e. The van der Waals surface area contributed by atoms with Crippen molar-refractivity contribution in [2.45, 2.75) is 43.9 Å². The normalized spacial score (nSPS) is 26.5. The number of likely N-dealkylation sites (tertiary alicyclic amines) is 1. The van der Waals surface area contributed by atoms with Crippen molar-refractivity contribution in [2.24, 2.45) is 0 Å². The van der Waals surface area contributed by atoms with Gasteiger partial charge < -0.3 is 20.2 Å². The Balaban J connectivity index is 1.48. The van der Waals surface area contributed by atoms with Crippen molar-refractivity contribution in [3.05, 3.63) is 70.3 Å². The second kappa shape index (κ2) is 6.98. The maximum Gasteiger partial charge on any atom is 0.207 e. The van der Waals surface area contributed by atoms with Crippen molar-refractivity contribution in [3.8, 4) is 0 Å². The van der Waals surface area contributed by atoms with Crippen molar-refractivity contribution < 1.29 is 9.90 Å². The molecule has 1 saturated heterocycles. The van der Waals surface area contributed by atoms with E-state index in [-0.39, 0.29) is 11.9 Å². The van der Waals surface area contributed by atoms with Crippen LogP contribution in [0.1, 0.15) is 47.5 Å². The zero-order valence-corrected chi connectivity index (χ0v) is 16.4. The van der Waals surface area contributed by atoms with Gasteiger partial charge in [0.2, 0.25) is 5.78 Å². The Kier molecular flexibility index (Phi) is 4.44. The minimum atomic E-state index is -0.525. The molecule has 1 unspecified atom stereocenters. The molecule has 1 aromatic rings. The maximum atomic E-state index is 13.6. The quantitative estimate of drug-likeness (QED) is 0.763. The lowest BCUT2D eigenvalue weighted by Gasteiger charge is -2.33. The summed E-state index contributed by atoms with van der Waals surface area (Å²) in [7, 11) is 0. The molecule has 0 bridgehead atoms. The first kappa shape index (κ1) is 17.8. The minimum Gasteiger partial charge on any atom is -0.391 e. The van der Waals surface area contributed by atoms with Crippen LogP contribution in [0.25, 0.3) is 0 Å². The SMILES string of the molecule is O=C(c1c(Cl)cccc1C1CC1)C1NC(N2CCC[C@H](O)C2)=C2C=CC=CN21. The molecule has 3 heterocycles. The molecule has 6 heteroatoms. The standard InChI is InChI=1S/C22H24ClN3O2/c23-17-7-3-6-16(14-9-10-14)19(17)20(28)22-24-21(18-8-1-2-12-26(18)22)25-11-4-5-15(27)13-25/h1-3,6-8,12,14-15,22,24,27H,4-5,9-11,13H2/t15-,22?/m0/s1. The summed E-state index contributed by atoms with van der Waals surface area (Å²) in [5.41, 5.74) is 2.68. The van der Waals surface area contributed by atoms with Gasteiger partial charge in [-0.3, -0.25) is 4.79 Å². The van der Waals surface area contributed by atoms with E-state index < -0.39 is 6.17 Å². The molecular weight excluding hydrogens is 374 g/mol. The molecule has 0 radical (unpaired) electrons. The van der Waals surface area contributed by atoms with Crippen molar-refractivity contribution in [1.82, 2.24) is 15.1 Å². The molecular formula is C22H24ClN3O2. The Morgan fingerprint density at radius 2 is 2.07 bits per heavy atom. The Bertz CT molecular complexity index is 903. The van der Waals surface area contributed by atoms with Crippen molar-refractivity contribution >= 4 is 17.4 Å². The largest absolute Gasteiger partial charge is 0.391 e. The van der Waals surface area contributed by atoms with Gasteiger partial charge in [0, 0.05) is 24.9 Å². The number of fused-ring (bicyclic) bond motifs is 1. The number of benzene rings is 1. The lowest BCUT2D eigenvalue weighted by atomic mass is 9.98. The molecule has 0 spiro atoms. The van der Waals surface area contributed by atoms with E-state index in [2.05, 4.69) is 10.2 Å². The van der Waals surface area contributed by atoms with Crippen LogP contribution in [-0.2, 0) is 0 Å². The highest BCUT2D eigenvalue weighted by Gasteiger charge is 2.40. The first-order valence-electron chi connectivity index (χ1n) is 10.0. The van der Waals surface area contributed by atoms with Crippen LogP contribution in [0.5, 0.6) is 0 Å². The molecule has 28 heavy (non-hydrogen) atoms. The molecule has 146 valence electrons. The molecule has 0 amide bonds. The van der Waals surface area contributed by atoms with Gasteiger partial charge in [0.1, 0.15) is 5.82 Å². The summed E-state index contributed by atoms with van der Waals surface area (Å²) in [4.78, 5) is 17.8. The number of piperidine rings is 1. The number of hydrogen-bond donors (Lipinski definition) is 2. The number of hydrogen-bond acceptors (Lipinski definition) is 5. The number of carbonyl (C=O) groups excluding carboxylic acids is 1. The van der Waals surface area contributed by atoms with E-state index in [1.807, 2.05) is 41.5 Å². The van der Waals surface area contributed by atoms with Crippen LogP contribution < -0.4 is 5.32 Å². The number of ketones is 1. The molecule has 2 atom stereocenters.